The van der Waals surface area contributed by atoms with Crippen molar-refractivity contribution in [1.82, 2.24) is 14.6 Å². The highest BCUT2D eigenvalue weighted by Crippen LogP contribution is 2.16. The molecule has 118 valence electrons. The number of likely N-dealkylation sites (N-methyl/N-ethyl adjacent to an activating group) is 1. The number of sulfonamides is 1. The molecule has 0 aliphatic carbocycles. The van der Waals surface area contributed by atoms with Gasteiger partial charge in [0.2, 0.25) is 10.0 Å². The van der Waals surface area contributed by atoms with Crippen LogP contribution in [-0.2, 0) is 10.0 Å². The summed E-state index contributed by atoms with van der Waals surface area (Å²) in [5.41, 5.74) is 0. The molecule has 1 aliphatic heterocycles. The van der Waals surface area contributed by atoms with Crippen LogP contribution >= 0.6 is 0 Å². The van der Waals surface area contributed by atoms with E-state index in [2.05, 4.69) is 26.8 Å². The lowest BCUT2D eigenvalue weighted by Crippen LogP contribution is -2.46. The van der Waals surface area contributed by atoms with Crippen LogP contribution in [0.15, 0.2) is 23.2 Å². The molecule has 1 fully saturated rings. The molecule has 0 amide bonds. The average molecular weight is 312 g/mol. The molecule has 7 heteroatoms. The minimum atomic E-state index is -3.49. The number of pyridine rings is 1. The summed E-state index contributed by atoms with van der Waals surface area (Å²) in [5, 5.41) is 3.11. The van der Waals surface area contributed by atoms with Gasteiger partial charge in [0, 0.05) is 31.4 Å². The van der Waals surface area contributed by atoms with E-state index in [1.54, 1.807) is 6.07 Å². The maximum Gasteiger partial charge on any atom is 0.241 e. The molecule has 1 aromatic rings. The largest absolute Gasteiger partial charge is 0.370 e. The Bertz CT molecular complexity index is 562. The van der Waals surface area contributed by atoms with Crippen molar-refractivity contribution in [3.05, 3.63) is 18.3 Å². The van der Waals surface area contributed by atoms with E-state index in [1.807, 2.05) is 7.05 Å². The summed E-state index contributed by atoms with van der Waals surface area (Å²) >= 11 is 0. The summed E-state index contributed by atoms with van der Waals surface area (Å²) in [7, 11) is -1.47. The van der Waals surface area contributed by atoms with Crippen LogP contribution in [0.4, 0.5) is 5.82 Å². The molecular formula is C14H24N4O2S. The molecule has 21 heavy (non-hydrogen) atoms. The summed E-state index contributed by atoms with van der Waals surface area (Å²) in [6.07, 6.45) is 4.39. The van der Waals surface area contributed by atoms with Gasteiger partial charge in [-0.25, -0.2) is 18.1 Å². The van der Waals surface area contributed by atoms with Crippen LogP contribution < -0.4 is 10.0 Å². The first-order chi connectivity index (χ1) is 10.0. The molecule has 0 radical (unpaired) electrons. The lowest BCUT2D eigenvalue weighted by atomic mass is 10.1. The molecule has 2 heterocycles. The van der Waals surface area contributed by atoms with Gasteiger partial charge in [-0.2, -0.15) is 0 Å². The third kappa shape index (κ3) is 4.66. The first-order valence-corrected chi connectivity index (χ1v) is 8.90. The smallest absolute Gasteiger partial charge is 0.241 e. The summed E-state index contributed by atoms with van der Waals surface area (Å²) in [4.78, 5) is 6.56. The van der Waals surface area contributed by atoms with E-state index >= 15 is 0 Å². The Morgan fingerprint density at radius 2 is 2.29 bits per heavy atom. The topological polar surface area (TPSA) is 74.3 Å². The first-order valence-electron chi connectivity index (χ1n) is 7.42. The SMILES string of the molecule is CCCNc1cc(S(=O)(=O)NC2CCCN(C)C2)ccn1. The van der Waals surface area contributed by atoms with Crippen LogP contribution in [-0.4, -0.2) is 51.0 Å². The fourth-order valence-electron chi connectivity index (χ4n) is 2.48. The highest BCUT2D eigenvalue weighted by molar-refractivity contribution is 7.89. The Kier molecular flexibility index (Phi) is 5.55. The lowest BCUT2D eigenvalue weighted by Gasteiger charge is -2.29. The third-order valence-electron chi connectivity index (χ3n) is 3.54. The highest BCUT2D eigenvalue weighted by Gasteiger charge is 2.24. The molecule has 0 bridgehead atoms. The van der Waals surface area contributed by atoms with Crippen molar-refractivity contribution in [1.29, 1.82) is 0 Å². The van der Waals surface area contributed by atoms with Crippen LogP contribution in [0.5, 0.6) is 0 Å². The van der Waals surface area contributed by atoms with Gasteiger partial charge >= 0.3 is 0 Å². The molecule has 1 atom stereocenters. The highest BCUT2D eigenvalue weighted by atomic mass is 32.2. The molecule has 1 aliphatic rings. The number of hydrogen-bond acceptors (Lipinski definition) is 5. The third-order valence-corrected chi connectivity index (χ3v) is 5.06. The van der Waals surface area contributed by atoms with E-state index in [-0.39, 0.29) is 10.9 Å². The normalized spacial score (nSPS) is 20.4. The van der Waals surface area contributed by atoms with E-state index < -0.39 is 10.0 Å². The Balaban J connectivity index is 2.08. The Morgan fingerprint density at radius 1 is 1.48 bits per heavy atom. The standard InChI is InChI=1S/C14H24N4O2S/c1-3-7-15-14-10-13(6-8-16-14)21(19,20)17-12-5-4-9-18(2)11-12/h6,8,10,12,17H,3-5,7,9,11H2,1-2H3,(H,15,16). The molecular weight excluding hydrogens is 288 g/mol. The van der Waals surface area contributed by atoms with Crippen molar-refractivity contribution in [3.8, 4) is 0 Å². The van der Waals surface area contributed by atoms with Crippen molar-refractivity contribution >= 4 is 15.8 Å². The lowest BCUT2D eigenvalue weighted by molar-refractivity contribution is 0.242. The molecule has 2 rings (SSSR count). The predicted molar refractivity (Wildman–Crippen MR) is 83.9 cm³/mol. The predicted octanol–water partition coefficient (Wildman–Crippen LogP) is 1.28. The zero-order valence-electron chi connectivity index (χ0n) is 12.7. The Labute approximate surface area is 127 Å². The summed E-state index contributed by atoms with van der Waals surface area (Å²) in [6.45, 7) is 4.61. The first kappa shape index (κ1) is 16.2. The van der Waals surface area contributed by atoms with Crippen LogP contribution in [0.3, 0.4) is 0 Å². The van der Waals surface area contributed by atoms with Crippen molar-refractivity contribution in [3.63, 3.8) is 0 Å². The fraction of sp³-hybridized carbons (Fsp3) is 0.643. The molecule has 2 N–H and O–H groups in total. The molecule has 0 saturated carbocycles. The van der Waals surface area contributed by atoms with E-state index in [1.165, 1.54) is 12.3 Å². The van der Waals surface area contributed by atoms with Gasteiger partial charge in [-0.15, -0.1) is 0 Å². The summed E-state index contributed by atoms with van der Waals surface area (Å²) in [5.74, 6) is 0.598. The second kappa shape index (κ2) is 7.20. The minimum absolute atomic E-state index is 0.0195. The van der Waals surface area contributed by atoms with Gasteiger partial charge in [0.1, 0.15) is 5.82 Å². The van der Waals surface area contributed by atoms with Crippen molar-refractivity contribution in [2.75, 3.05) is 32.0 Å². The number of rotatable bonds is 6. The quantitative estimate of drug-likeness (QED) is 0.827. The average Bonchev–Trinajstić information content (AvgIpc) is 2.45. The number of hydrogen-bond donors (Lipinski definition) is 2. The zero-order chi connectivity index (χ0) is 15.3. The van der Waals surface area contributed by atoms with Crippen LogP contribution in [0.2, 0.25) is 0 Å². The van der Waals surface area contributed by atoms with Gasteiger partial charge in [0.15, 0.2) is 0 Å². The Hall–Kier alpha value is -1.18. The summed E-state index contributed by atoms with van der Waals surface area (Å²) in [6, 6.07) is 3.10. The number of aromatic nitrogens is 1. The molecule has 0 aromatic carbocycles. The van der Waals surface area contributed by atoms with Gasteiger partial charge in [0.25, 0.3) is 0 Å². The minimum Gasteiger partial charge on any atom is -0.370 e. The van der Waals surface area contributed by atoms with Crippen molar-refractivity contribution in [2.45, 2.75) is 37.1 Å². The van der Waals surface area contributed by atoms with E-state index in [0.717, 1.165) is 38.9 Å². The fourth-order valence-corrected chi connectivity index (χ4v) is 3.75. The van der Waals surface area contributed by atoms with Gasteiger partial charge < -0.3 is 10.2 Å². The number of nitrogens with one attached hydrogen (secondary N) is 2. The number of piperidine rings is 1. The van der Waals surface area contributed by atoms with Gasteiger partial charge in [0.05, 0.1) is 4.90 Å². The van der Waals surface area contributed by atoms with Gasteiger partial charge in [-0.1, -0.05) is 6.92 Å². The second-order valence-corrected chi connectivity index (χ2v) is 7.24. The van der Waals surface area contributed by atoms with Crippen molar-refractivity contribution in [2.24, 2.45) is 0 Å². The number of nitrogens with zero attached hydrogens (tertiary/aromatic N) is 2. The van der Waals surface area contributed by atoms with E-state index in [4.69, 9.17) is 0 Å². The molecule has 6 nitrogen and oxygen atoms in total. The maximum atomic E-state index is 12.4. The number of anilines is 1. The van der Waals surface area contributed by atoms with Crippen LogP contribution in [0.1, 0.15) is 26.2 Å². The molecule has 1 unspecified atom stereocenters. The van der Waals surface area contributed by atoms with Crippen molar-refractivity contribution < 1.29 is 8.42 Å². The van der Waals surface area contributed by atoms with E-state index in [9.17, 15) is 8.42 Å². The maximum absolute atomic E-state index is 12.4. The molecule has 1 aromatic heterocycles. The zero-order valence-corrected chi connectivity index (χ0v) is 13.5. The summed E-state index contributed by atoms with van der Waals surface area (Å²) < 4.78 is 27.7. The van der Waals surface area contributed by atoms with Crippen LogP contribution in [0.25, 0.3) is 0 Å². The van der Waals surface area contributed by atoms with Gasteiger partial charge in [-0.3, -0.25) is 0 Å². The van der Waals surface area contributed by atoms with Gasteiger partial charge in [-0.05, 0) is 38.9 Å². The Morgan fingerprint density at radius 3 is 3.00 bits per heavy atom. The molecule has 0 spiro atoms. The second-order valence-electron chi connectivity index (χ2n) is 5.53. The van der Waals surface area contributed by atoms with Crippen LogP contribution in [0, 0.1) is 0 Å². The monoisotopic (exact) mass is 312 g/mol. The molecule has 1 saturated heterocycles. The van der Waals surface area contributed by atoms with E-state index in [0.29, 0.717) is 5.82 Å². The number of likely N-dealkylation sites (tertiary alicyclic amines) is 1.